The summed E-state index contributed by atoms with van der Waals surface area (Å²) in [7, 11) is 1.57. The van der Waals surface area contributed by atoms with E-state index in [4.69, 9.17) is 16.3 Å². The SMILES string of the molecule is COc1cc(CNCc2ccc([N+](=O)[O-])cc2Cl)ccn1. The lowest BCUT2D eigenvalue weighted by Gasteiger charge is -2.07. The molecule has 0 amide bonds. The van der Waals surface area contributed by atoms with Crippen molar-refractivity contribution in [3.8, 4) is 5.88 Å². The molecule has 0 spiro atoms. The van der Waals surface area contributed by atoms with Gasteiger partial charge in [0.1, 0.15) is 0 Å². The van der Waals surface area contributed by atoms with E-state index in [2.05, 4.69) is 10.3 Å². The second kappa shape index (κ2) is 7.01. The average Bonchev–Trinajstić information content (AvgIpc) is 2.49. The molecule has 1 aromatic carbocycles. The molecule has 0 saturated heterocycles. The van der Waals surface area contributed by atoms with Crippen molar-refractivity contribution in [2.75, 3.05) is 7.11 Å². The minimum atomic E-state index is -0.466. The number of hydrogen-bond donors (Lipinski definition) is 1. The van der Waals surface area contributed by atoms with Crippen LogP contribution in [0.15, 0.2) is 36.5 Å². The first-order valence-corrected chi connectivity index (χ1v) is 6.60. The molecule has 0 aliphatic carbocycles. The third kappa shape index (κ3) is 4.14. The fraction of sp³-hybridized carbons (Fsp3) is 0.214. The molecular weight excluding hydrogens is 294 g/mol. The highest BCUT2D eigenvalue weighted by Crippen LogP contribution is 2.22. The van der Waals surface area contributed by atoms with Crippen molar-refractivity contribution < 1.29 is 9.66 Å². The molecule has 1 N–H and O–H groups in total. The van der Waals surface area contributed by atoms with Crippen LogP contribution >= 0.6 is 11.6 Å². The third-order valence-corrected chi connectivity index (χ3v) is 3.25. The number of nitrogens with one attached hydrogen (secondary N) is 1. The molecule has 2 aromatic rings. The van der Waals surface area contributed by atoms with E-state index in [9.17, 15) is 10.1 Å². The monoisotopic (exact) mass is 307 g/mol. The van der Waals surface area contributed by atoms with E-state index in [0.717, 1.165) is 11.1 Å². The van der Waals surface area contributed by atoms with Crippen molar-refractivity contribution in [1.82, 2.24) is 10.3 Å². The van der Waals surface area contributed by atoms with Crippen LogP contribution in [0, 0.1) is 10.1 Å². The number of ether oxygens (including phenoxy) is 1. The van der Waals surface area contributed by atoms with Gasteiger partial charge < -0.3 is 10.1 Å². The van der Waals surface area contributed by atoms with Gasteiger partial charge in [-0.15, -0.1) is 0 Å². The number of halogens is 1. The molecule has 0 saturated carbocycles. The third-order valence-electron chi connectivity index (χ3n) is 2.90. The molecule has 7 heteroatoms. The fourth-order valence-electron chi connectivity index (χ4n) is 1.81. The van der Waals surface area contributed by atoms with Gasteiger partial charge in [0.05, 0.1) is 17.1 Å². The number of aromatic nitrogens is 1. The molecule has 0 radical (unpaired) electrons. The van der Waals surface area contributed by atoms with Gasteiger partial charge in [-0.1, -0.05) is 11.6 Å². The van der Waals surface area contributed by atoms with Gasteiger partial charge in [-0.05, 0) is 23.3 Å². The summed E-state index contributed by atoms with van der Waals surface area (Å²) in [6.07, 6.45) is 1.68. The highest BCUT2D eigenvalue weighted by molar-refractivity contribution is 6.31. The van der Waals surface area contributed by atoms with E-state index in [0.29, 0.717) is 24.0 Å². The molecule has 0 aliphatic heterocycles. The van der Waals surface area contributed by atoms with Crippen LogP contribution in [0.1, 0.15) is 11.1 Å². The van der Waals surface area contributed by atoms with E-state index in [1.807, 2.05) is 12.1 Å². The first kappa shape index (κ1) is 15.2. The number of pyridine rings is 1. The van der Waals surface area contributed by atoms with Gasteiger partial charge in [-0.3, -0.25) is 10.1 Å². The molecular formula is C14H14ClN3O3. The predicted octanol–water partition coefficient (Wildman–Crippen LogP) is 2.94. The van der Waals surface area contributed by atoms with E-state index in [1.165, 1.54) is 12.1 Å². The summed E-state index contributed by atoms with van der Waals surface area (Å²) >= 11 is 6.03. The molecule has 1 aromatic heterocycles. The first-order valence-electron chi connectivity index (χ1n) is 6.22. The zero-order valence-corrected chi connectivity index (χ0v) is 12.1. The lowest BCUT2D eigenvalue weighted by atomic mass is 10.2. The maximum absolute atomic E-state index is 10.6. The smallest absolute Gasteiger partial charge is 0.270 e. The summed E-state index contributed by atoms with van der Waals surface area (Å²) in [6, 6.07) is 8.17. The van der Waals surface area contributed by atoms with Crippen LogP contribution in [-0.2, 0) is 13.1 Å². The molecule has 1 heterocycles. The number of non-ortho nitro benzene ring substituents is 1. The van der Waals surface area contributed by atoms with Crippen molar-refractivity contribution in [3.05, 3.63) is 62.8 Å². The van der Waals surface area contributed by atoms with Crippen LogP contribution in [0.4, 0.5) is 5.69 Å². The number of benzene rings is 1. The largest absolute Gasteiger partial charge is 0.481 e. The Balaban J connectivity index is 1.95. The van der Waals surface area contributed by atoms with Crippen LogP contribution in [0.5, 0.6) is 5.88 Å². The zero-order chi connectivity index (χ0) is 15.2. The number of rotatable bonds is 6. The van der Waals surface area contributed by atoms with Crippen LogP contribution in [0.3, 0.4) is 0 Å². The Morgan fingerprint density at radius 1 is 1.33 bits per heavy atom. The number of hydrogen-bond acceptors (Lipinski definition) is 5. The van der Waals surface area contributed by atoms with Gasteiger partial charge in [-0.2, -0.15) is 0 Å². The Kier molecular flexibility index (Phi) is 5.08. The lowest BCUT2D eigenvalue weighted by Crippen LogP contribution is -2.13. The number of methoxy groups -OCH3 is 1. The number of nitro groups is 1. The second-order valence-electron chi connectivity index (χ2n) is 4.34. The maximum atomic E-state index is 10.6. The molecule has 2 rings (SSSR count). The zero-order valence-electron chi connectivity index (χ0n) is 11.4. The van der Waals surface area contributed by atoms with Crippen molar-refractivity contribution in [3.63, 3.8) is 0 Å². The highest BCUT2D eigenvalue weighted by Gasteiger charge is 2.09. The van der Waals surface area contributed by atoms with Gasteiger partial charge in [0.15, 0.2) is 0 Å². The van der Waals surface area contributed by atoms with Crippen LogP contribution < -0.4 is 10.1 Å². The summed E-state index contributed by atoms with van der Waals surface area (Å²) < 4.78 is 5.05. The molecule has 110 valence electrons. The summed E-state index contributed by atoms with van der Waals surface area (Å²) in [6.45, 7) is 1.13. The molecule has 0 fully saturated rings. The lowest BCUT2D eigenvalue weighted by molar-refractivity contribution is -0.384. The summed E-state index contributed by atoms with van der Waals surface area (Å²) in [5, 5.41) is 14.2. The maximum Gasteiger partial charge on any atom is 0.270 e. The minimum absolute atomic E-state index is 0.0115. The standard InChI is InChI=1S/C14H14ClN3O3/c1-21-14-6-10(4-5-17-14)8-16-9-11-2-3-12(18(19)20)7-13(11)15/h2-7,16H,8-9H2,1H3. The van der Waals surface area contributed by atoms with Crippen LogP contribution in [-0.4, -0.2) is 17.0 Å². The number of nitrogens with zero attached hydrogens (tertiary/aromatic N) is 2. The molecule has 6 nitrogen and oxygen atoms in total. The highest BCUT2D eigenvalue weighted by atomic mass is 35.5. The predicted molar refractivity (Wildman–Crippen MR) is 79.4 cm³/mol. The quantitative estimate of drug-likeness (QED) is 0.656. The Morgan fingerprint density at radius 2 is 2.14 bits per heavy atom. The Morgan fingerprint density at radius 3 is 2.81 bits per heavy atom. The van der Waals surface area contributed by atoms with Crippen molar-refractivity contribution in [1.29, 1.82) is 0 Å². The summed E-state index contributed by atoms with van der Waals surface area (Å²) in [4.78, 5) is 14.2. The molecule has 0 aliphatic rings. The van der Waals surface area contributed by atoms with Gasteiger partial charge >= 0.3 is 0 Å². The summed E-state index contributed by atoms with van der Waals surface area (Å²) in [5.41, 5.74) is 1.82. The first-order chi connectivity index (χ1) is 10.1. The van der Waals surface area contributed by atoms with E-state index in [1.54, 1.807) is 19.4 Å². The van der Waals surface area contributed by atoms with Crippen LogP contribution in [0.25, 0.3) is 0 Å². The molecule has 0 atom stereocenters. The molecule has 0 unspecified atom stereocenters. The van der Waals surface area contributed by atoms with E-state index in [-0.39, 0.29) is 5.69 Å². The number of nitro benzene ring substituents is 1. The van der Waals surface area contributed by atoms with Crippen molar-refractivity contribution in [2.45, 2.75) is 13.1 Å². The Labute approximate surface area is 126 Å². The van der Waals surface area contributed by atoms with Gasteiger partial charge in [-0.25, -0.2) is 4.98 Å². The topological polar surface area (TPSA) is 77.3 Å². The van der Waals surface area contributed by atoms with Crippen molar-refractivity contribution in [2.24, 2.45) is 0 Å². The summed E-state index contributed by atoms with van der Waals surface area (Å²) in [5.74, 6) is 0.558. The van der Waals surface area contributed by atoms with Gasteiger partial charge in [0.25, 0.3) is 5.69 Å². The second-order valence-corrected chi connectivity index (χ2v) is 4.75. The normalized spacial score (nSPS) is 10.4. The molecule has 21 heavy (non-hydrogen) atoms. The van der Waals surface area contributed by atoms with Crippen LogP contribution in [0.2, 0.25) is 5.02 Å². The van der Waals surface area contributed by atoms with Gasteiger partial charge in [0, 0.05) is 37.5 Å². The fourth-order valence-corrected chi connectivity index (χ4v) is 2.05. The molecule has 0 bridgehead atoms. The van der Waals surface area contributed by atoms with E-state index >= 15 is 0 Å². The Hall–Kier alpha value is -2.18. The van der Waals surface area contributed by atoms with E-state index < -0.39 is 4.92 Å². The minimum Gasteiger partial charge on any atom is -0.481 e. The average molecular weight is 308 g/mol. The van der Waals surface area contributed by atoms with Crippen molar-refractivity contribution >= 4 is 17.3 Å². The van der Waals surface area contributed by atoms with Gasteiger partial charge in [0.2, 0.25) is 5.88 Å². The Bertz CT molecular complexity index is 649.